The molecule has 0 bridgehead atoms. The average Bonchev–Trinajstić information content (AvgIpc) is 3.35. The maximum Gasteiger partial charge on any atom is 0.254 e. The van der Waals surface area contributed by atoms with Gasteiger partial charge in [0.15, 0.2) is 21.2 Å². The summed E-state index contributed by atoms with van der Waals surface area (Å²) in [6.07, 6.45) is 5.41. The van der Waals surface area contributed by atoms with Crippen molar-refractivity contribution in [2.75, 3.05) is 24.6 Å². The standard InChI is InChI=1S/C31H27BrCl2N2O7/c1-42-22-12-16(13-23(43-2)25(22)37)8-11-21-18-9-10-19-24(27(39)36(26(19)38)17-6-4-3-5-7-17)20(18)14-30(33)28(40)35(15-32)29(41)31(21,30)34/h3-9,11-13,19-21,24,37H,10,14-15H2,1-2H3. The van der Waals surface area contributed by atoms with Crippen LogP contribution >= 0.6 is 39.1 Å². The second-order valence-corrected chi connectivity index (χ2v) is 12.8. The largest absolute Gasteiger partial charge is 0.502 e. The number of fused-ring (bicyclic) bond motifs is 4. The first-order chi connectivity index (χ1) is 20.5. The highest BCUT2D eigenvalue weighted by atomic mass is 79.9. The number of ether oxygens (including phenoxy) is 2. The number of methoxy groups -OCH3 is 2. The van der Waals surface area contributed by atoms with E-state index in [4.69, 9.17) is 32.7 Å². The molecule has 2 aliphatic heterocycles. The Bertz CT molecular complexity index is 1590. The Morgan fingerprint density at radius 2 is 1.65 bits per heavy atom. The van der Waals surface area contributed by atoms with Crippen molar-refractivity contribution in [2.24, 2.45) is 23.7 Å². The van der Waals surface area contributed by atoms with E-state index in [9.17, 15) is 24.3 Å². The van der Waals surface area contributed by atoms with Crippen LogP contribution in [0.1, 0.15) is 18.4 Å². The molecule has 0 spiro atoms. The highest BCUT2D eigenvalue weighted by Gasteiger charge is 2.75. The van der Waals surface area contributed by atoms with E-state index < -0.39 is 45.2 Å². The molecule has 2 heterocycles. The Balaban J connectivity index is 1.48. The SMILES string of the molecule is COc1cc(C=CC2C3=CCC4C(=O)N(c5ccccc5)C(=O)C4C3CC3(Cl)C(=O)N(CBr)C(=O)C23Cl)cc(OC)c1O. The van der Waals surface area contributed by atoms with Gasteiger partial charge in [-0.05, 0) is 48.6 Å². The molecule has 4 aliphatic rings. The minimum atomic E-state index is -1.90. The number of nitrogens with zero attached hydrogens (tertiary/aromatic N) is 2. The molecule has 1 N–H and O–H groups in total. The number of allylic oxidation sites excluding steroid dienone is 3. The first-order valence-corrected chi connectivity index (χ1v) is 15.5. The van der Waals surface area contributed by atoms with Gasteiger partial charge in [0.05, 0.1) is 37.2 Å². The molecule has 9 nitrogen and oxygen atoms in total. The third-order valence-electron chi connectivity index (χ3n) is 9.07. The van der Waals surface area contributed by atoms with E-state index in [-0.39, 0.29) is 47.4 Å². The zero-order valence-electron chi connectivity index (χ0n) is 23.1. The summed E-state index contributed by atoms with van der Waals surface area (Å²) in [7, 11) is 2.81. The minimum absolute atomic E-state index is 0.0913. The van der Waals surface area contributed by atoms with Crippen molar-refractivity contribution < 1.29 is 33.8 Å². The van der Waals surface area contributed by atoms with Gasteiger partial charge < -0.3 is 14.6 Å². The molecule has 1 saturated carbocycles. The molecule has 6 rings (SSSR count). The smallest absolute Gasteiger partial charge is 0.254 e. The fraction of sp³-hybridized carbons (Fsp3) is 0.355. The molecule has 2 aromatic carbocycles. The van der Waals surface area contributed by atoms with Gasteiger partial charge in [0.1, 0.15) is 0 Å². The number of aromatic hydroxyl groups is 1. The lowest BCUT2D eigenvalue weighted by molar-refractivity contribution is -0.138. The van der Waals surface area contributed by atoms with E-state index in [0.29, 0.717) is 16.8 Å². The number of halogens is 3. The summed E-state index contributed by atoms with van der Waals surface area (Å²) in [4.78, 5) is 53.5. The Labute approximate surface area is 266 Å². The molecule has 4 amide bonds. The monoisotopic (exact) mass is 688 g/mol. The normalized spacial score (nSPS) is 31.7. The summed E-state index contributed by atoms with van der Waals surface area (Å²) < 4.78 is 10.6. The van der Waals surface area contributed by atoms with Crippen molar-refractivity contribution in [3.05, 3.63) is 65.8 Å². The van der Waals surface area contributed by atoms with E-state index in [1.54, 1.807) is 54.6 Å². The van der Waals surface area contributed by atoms with E-state index in [0.717, 1.165) is 4.90 Å². The first kappa shape index (κ1) is 29.7. The van der Waals surface area contributed by atoms with Crippen LogP contribution in [-0.4, -0.2) is 63.1 Å². The number of benzene rings is 2. The van der Waals surface area contributed by atoms with Gasteiger partial charge >= 0.3 is 0 Å². The molecule has 43 heavy (non-hydrogen) atoms. The van der Waals surface area contributed by atoms with Gasteiger partial charge in [-0.25, -0.2) is 0 Å². The van der Waals surface area contributed by atoms with Gasteiger partial charge in [-0.1, -0.05) is 57.9 Å². The van der Waals surface area contributed by atoms with Crippen molar-refractivity contribution in [2.45, 2.75) is 22.6 Å². The lowest BCUT2D eigenvalue weighted by atomic mass is 9.57. The molecular weight excluding hydrogens is 663 g/mol. The Hall–Kier alpha value is -3.34. The summed E-state index contributed by atoms with van der Waals surface area (Å²) in [5, 5.41) is 10.4. The van der Waals surface area contributed by atoms with Gasteiger partial charge in [-0.3, -0.25) is 29.0 Å². The Morgan fingerprint density at radius 3 is 2.26 bits per heavy atom. The Kier molecular flexibility index (Phi) is 7.38. The van der Waals surface area contributed by atoms with Crippen molar-refractivity contribution in [1.82, 2.24) is 4.90 Å². The number of likely N-dealkylation sites (tertiary alicyclic amines) is 1. The van der Waals surface area contributed by atoms with E-state index in [1.165, 1.54) is 19.1 Å². The maximum absolute atomic E-state index is 14.0. The first-order valence-electron chi connectivity index (χ1n) is 13.6. The summed E-state index contributed by atoms with van der Waals surface area (Å²) >= 11 is 17.6. The zero-order chi connectivity index (χ0) is 30.8. The van der Waals surface area contributed by atoms with Crippen molar-refractivity contribution in [3.8, 4) is 17.2 Å². The average molecular weight is 690 g/mol. The number of carbonyl (C=O) groups is 4. The number of anilines is 1. The lowest BCUT2D eigenvalue weighted by Gasteiger charge is -2.49. The molecule has 6 unspecified atom stereocenters. The van der Waals surface area contributed by atoms with Crippen LogP contribution < -0.4 is 14.4 Å². The number of para-hydroxylation sites is 1. The number of phenols is 1. The number of imide groups is 2. The van der Waals surface area contributed by atoms with Gasteiger partial charge in [0.2, 0.25) is 17.6 Å². The topological polar surface area (TPSA) is 113 Å². The summed E-state index contributed by atoms with van der Waals surface area (Å²) in [5.41, 5.74) is 1.60. The summed E-state index contributed by atoms with van der Waals surface area (Å²) in [5.74, 6) is -4.79. The number of amides is 4. The van der Waals surface area contributed by atoms with Crippen LogP contribution in [0.15, 0.2) is 60.2 Å². The molecule has 0 aromatic heterocycles. The highest BCUT2D eigenvalue weighted by molar-refractivity contribution is 9.09. The van der Waals surface area contributed by atoms with Crippen LogP contribution in [-0.2, 0) is 19.2 Å². The molecule has 6 atom stereocenters. The van der Waals surface area contributed by atoms with E-state index in [1.807, 2.05) is 6.08 Å². The number of hydrogen-bond donors (Lipinski definition) is 1. The van der Waals surface area contributed by atoms with Gasteiger partial charge in [-0.15, -0.1) is 23.2 Å². The van der Waals surface area contributed by atoms with Crippen LogP contribution in [0.25, 0.3) is 6.08 Å². The molecule has 224 valence electrons. The number of alkyl halides is 3. The van der Waals surface area contributed by atoms with E-state index >= 15 is 0 Å². The van der Waals surface area contributed by atoms with Crippen LogP contribution in [0.2, 0.25) is 0 Å². The molecule has 2 aliphatic carbocycles. The van der Waals surface area contributed by atoms with Crippen molar-refractivity contribution in [1.29, 1.82) is 0 Å². The second-order valence-electron chi connectivity index (χ2n) is 11.0. The number of carbonyl (C=O) groups excluding carboxylic acids is 4. The molecule has 0 radical (unpaired) electrons. The molecule has 2 aromatic rings. The number of rotatable bonds is 6. The molecule has 2 saturated heterocycles. The quantitative estimate of drug-likeness (QED) is 0.199. The zero-order valence-corrected chi connectivity index (χ0v) is 26.2. The third-order valence-corrected chi connectivity index (χ3v) is 11.0. The maximum atomic E-state index is 14.0. The summed E-state index contributed by atoms with van der Waals surface area (Å²) in [6, 6.07) is 11.9. The number of phenolic OH excluding ortho intramolecular Hbond substituents is 1. The fourth-order valence-corrected chi connectivity index (χ4v) is 8.43. The summed E-state index contributed by atoms with van der Waals surface area (Å²) in [6.45, 7) is 0. The van der Waals surface area contributed by atoms with Crippen molar-refractivity contribution >= 4 is 74.5 Å². The van der Waals surface area contributed by atoms with E-state index in [2.05, 4.69) is 15.9 Å². The Morgan fingerprint density at radius 1 is 1.00 bits per heavy atom. The highest BCUT2D eigenvalue weighted by Crippen LogP contribution is 2.63. The predicted molar refractivity (Wildman–Crippen MR) is 163 cm³/mol. The van der Waals surface area contributed by atoms with Gasteiger partial charge in [0, 0.05) is 5.92 Å². The van der Waals surface area contributed by atoms with Crippen LogP contribution in [0.3, 0.4) is 0 Å². The van der Waals surface area contributed by atoms with Crippen LogP contribution in [0, 0.1) is 23.7 Å². The van der Waals surface area contributed by atoms with Crippen molar-refractivity contribution in [3.63, 3.8) is 0 Å². The lowest BCUT2D eigenvalue weighted by Crippen LogP contribution is -2.60. The molecule has 12 heteroatoms. The van der Waals surface area contributed by atoms with Crippen LogP contribution in [0.5, 0.6) is 17.2 Å². The van der Waals surface area contributed by atoms with Crippen LogP contribution in [0.4, 0.5) is 5.69 Å². The van der Waals surface area contributed by atoms with Gasteiger partial charge in [0.25, 0.3) is 11.8 Å². The number of hydrogen-bond acceptors (Lipinski definition) is 7. The van der Waals surface area contributed by atoms with Gasteiger partial charge in [-0.2, -0.15) is 0 Å². The fourth-order valence-electron chi connectivity index (χ4n) is 7.05. The minimum Gasteiger partial charge on any atom is -0.502 e. The second kappa shape index (κ2) is 10.7. The third kappa shape index (κ3) is 4.09. The molecule has 3 fully saturated rings. The molecular formula is C31H27BrCl2N2O7. The predicted octanol–water partition coefficient (Wildman–Crippen LogP) is 4.87.